The van der Waals surface area contributed by atoms with E-state index in [2.05, 4.69) is 44.9 Å². The number of likely N-dealkylation sites (N-methyl/N-ethyl adjacent to an activating group) is 1. The quantitative estimate of drug-likeness (QED) is 0.617. The Kier molecular flexibility index (Phi) is 5.76. The van der Waals surface area contributed by atoms with Gasteiger partial charge in [0.15, 0.2) is 0 Å². The smallest absolute Gasteiger partial charge is 0.0433 e. The minimum atomic E-state index is 0.566. The van der Waals surface area contributed by atoms with Gasteiger partial charge in [-0.15, -0.1) is 0 Å². The number of hydrogen-bond acceptors (Lipinski definition) is 1. The fourth-order valence-electron chi connectivity index (χ4n) is 1.15. The third kappa shape index (κ3) is 4.20. The molecule has 0 amide bonds. The number of hydrogen-bond donors (Lipinski definition) is 0. The van der Waals surface area contributed by atoms with Crippen LogP contribution in [0, 0.1) is 5.92 Å². The van der Waals surface area contributed by atoms with Crippen molar-refractivity contribution < 1.29 is 0 Å². The molecule has 0 rings (SSSR count). The maximum atomic E-state index is 3.80. The monoisotopic (exact) mass is 205 g/mol. The van der Waals surface area contributed by atoms with Gasteiger partial charge < -0.3 is 4.90 Å². The van der Waals surface area contributed by atoms with Crippen LogP contribution in [0.25, 0.3) is 0 Å². The predicted molar refractivity (Wildman–Crippen MR) is 69.7 cm³/mol. The second-order valence-electron chi connectivity index (χ2n) is 4.19. The summed E-state index contributed by atoms with van der Waals surface area (Å²) >= 11 is 0. The van der Waals surface area contributed by atoms with Crippen LogP contribution in [0.5, 0.6) is 0 Å². The normalized spacial score (nSPS) is 11.2. The van der Waals surface area contributed by atoms with Crippen molar-refractivity contribution in [1.82, 2.24) is 4.90 Å². The lowest BCUT2D eigenvalue weighted by Gasteiger charge is -2.18. The Morgan fingerprint density at radius 3 is 1.87 bits per heavy atom. The van der Waals surface area contributed by atoms with Crippen LogP contribution in [-0.2, 0) is 0 Å². The number of nitrogens with zero attached hydrogens (tertiary/aromatic N) is 1. The minimum Gasteiger partial charge on any atom is -0.377 e. The lowest BCUT2D eigenvalue weighted by atomic mass is 10.0. The molecule has 0 aromatic heterocycles. The van der Waals surface area contributed by atoms with Crippen molar-refractivity contribution in [3.63, 3.8) is 0 Å². The first-order valence-electron chi connectivity index (χ1n) is 5.28. The fraction of sp³-hybridized carbons (Fsp3) is 0.429. The maximum absolute atomic E-state index is 3.80. The highest BCUT2D eigenvalue weighted by Gasteiger charge is 2.03. The van der Waals surface area contributed by atoms with E-state index in [-0.39, 0.29) is 0 Å². The SMILES string of the molecule is C=CC(C=C)=C(/C=C(\C)C(C)C)N(C)C. The highest BCUT2D eigenvalue weighted by atomic mass is 15.1. The third-order valence-electron chi connectivity index (χ3n) is 2.49. The number of allylic oxidation sites excluding steroid dienone is 5. The minimum absolute atomic E-state index is 0.566. The van der Waals surface area contributed by atoms with E-state index in [1.165, 1.54) is 5.57 Å². The van der Waals surface area contributed by atoms with Crippen LogP contribution < -0.4 is 0 Å². The Bertz CT molecular complexity index is 280. The summed E-state index contributed by atoms with van der Waals surface area (Å²) in [6, 6.07) is 0. The lowest BCUT2D eigenvalue weighted by Crippen LogP contribution is -2.12. The highest BCUT2D eigenvalue weighted by Crippen LogP contribution is 2.17. The summed E-state index contributed by atoms with van der Waals surface area (Å²) in [6.07, 6.45) is 5.88. The van der Waals surface area contributed by atoms with Gasteiger partial charge in [-0.1, -0.05) is 44.7 Å². The van der Waals surface area contributed by atoms with Gasteiger partial charge in [-0.2, -0.15) is 0 Å². The van der Waals surface area contributed by atoms with Crippen LogP contribution >= 0.6 is 0 Å². The highest BCUT2D eigenvalue weighted by molar-refractivity contribution is 5.39. The van der Waals surface area contributed by atoms with Gasteiger partial charge in [0.05, 0.1) is 0 Å². The average molecular weight is 205 g/mol. The van der Waals surface area contributed by atoms with Gasteiger partial charge in [-0.3, -0.25) is 0 Å². The van der Waals surface area contributed by atoms with Crippen LogP contribution in [0.3, 0.4) is 0 Å². The first kappa shape index (κ1) is 13.8. The van der Waals surface area contributed by atoms with Gasteiger partial charge in [0.2, 0.25) is 0 Å². The molecular formula is C14H23N. The number of rotatable bonds is 5. The van der Waals surface area contributed by atoms with Crippen molar-refractivity contribution in [3.05, 3.63) is 48.2 Å². The molecule has 0 fully saturated rings. The molecule has 0 N–H and O–H groups in total. The molecular weight excluding hydrogens is 182 g/mol. The Morgan fingerprint density at radius 2 is 1.60 bits per heavy atom. The van der Waals surface area contributed by atoms with Crippen LogP contribution in [-0.4, -0.2) is 19.0 Å². The summed E-state index contributed by atoms with van der Waals surface area (Å²) in [7, 11) is 4.07. The largest absolute Gasteiger partial charge is 0.377 e. The summed E-state index contributed by atoms with van der Waals surface area (Å²) in [6.45, 7) is 14.1. The molecule has 15 heavy (non-hydrogen) atoms. The van der Waals surface area contributed by atoms with Crippen molar-refractivity contribution in [1.29, 1.82) is 0 Å². The first-order valence-corrected chi connectivity index (χ1v) is 5.28. The topological polar surface area (TPSA) is 3.24 Å². The molecule has 0 aliphatic carbocycles. The van der Waals surface area contributed by atoms with Gasteiger partial charge >= 0.3 is 0 Å². The molecule has 0 aliphatic heterocycles. The Morgan fingerprint density at radius 1 is 1.13 bits per heavy atom. The van der Waals surface area contributed by atoms with E-state index >= 15 is 0 Å². The van der Waals surface area contributed by atoms with Gasteiger partial charge in [0.25, 0.3) is 0 Å². The lowest BCUT2D eigenvalue weighted by molar-refractivity contribution is 0.524. The molecule has 1 heteroatoms. The summed E-state index contributed by atoms with van der Waals surface area (Å²) in [5, 5.41) is 0. The van der Waals surface area contributed by atoms with E-state index < -0.39 is 0 Å². The third-order valence-corrected chi connectivity index (χ3v) is 2.49. The molecule has 0 atom stereocenters. The van der Waals surface area contributed by atoms with Gasteiger partial charge in [-0.25, -0.2) is 0 Å². The molecule has 0 radical (unpaired) electrons. The van der Waals surface area contributed by atoms with Crippen LogP contribution in [0.2, 0.25) is 0 Å². The molecule has 0 spiro atoms. The summed E-state index contributed by atoms with van der Waals surface area (Å²) in [5.74, 6) is 0.566. The van der Waals surface area contributed by atoms with Gasteiger partial charge in [0, 0.05) is 19.8 Å². The van der Waals surface area contributed by atoms with Crippen LogP contribution in [0.1, 0.15) is 20.8 Å². The predicted octanol–water partition coefficient (Wildman–Crippen LogP) is 3.78. The molecule has 1 nitrogen and oxygen atoms in total. The van der Waals surface area contributed by atoms with E-state index in [0.29, 0.717) is 5.92 Å². The van der Waals surface area contributed by atoms with Crippen molar-refractivity contribution in [2.24, 2.45) is 5.92 Å². The Hall–Kier alpha value is -1.24. The molecule has 84 valence electrons. The zero-order valence-corrected chi connectivity index (χ0v) is 10.7. The van der Waals surface area contributed by atoms with E-state index in [1.54, 1.807) is 0 Å². The Balaban J connectivity index is 5.34. The van der Waals surface area contributed by atoms with Crippen molar-refractivity contribution in [2.75, 3.05) is 14.1 Å². The van der Waals surface area contributed by atoms with Crippen LogP contribution in [0.4, 0.5) is 0 Å². The molecule has 0 saturated heterocycles. The molecule has 0 aromatic rings. The summed E-state index contributed by atoms with van der Waals surface area (Å²) in [5.41, 5.74) is 3.59. The van der Waals surface area contributed by atoms with Crippen molar-refractivity contribution in [2.45, 2.75) is 20.8 Å². The van der Waals surface area contributed by atoms with Gasteiger partial charge in [0.1, 0.15) is 0 Å². The van der Waals surface area contributed by atoms with E-state index in [4.69, 9.17) is 0 Å². The molecule has 0 heterocycles. The van der Waals surface area contributed by atoms with Crippen molar-refractivity contribution in [3.8, 4) is 0 Å². The molecule has 0 aromatic carbocycles. The maximum Gasteiger partial charge on any atom is 0.0433 e. The molecule has 0 bridgehead atoms. The Labute approximate surface area is 94.5 Å². The zero-order valence-electron chi connectivity index (χ0n) is 10.7. The van der Waals surface area contributed by atoms with Gasteiger partial charge in [-0.05, 0) is 24.5 Å². The first-order chi connectivity index (χ1) is 6.93. The van der Waals surface area contributed by atoms with Crippen LogP contribution in [0.15, 0.2) is 48.2 Å². The van der Waals surface area contributed by atoms with E-state index in [1.807, 2.05) is 26.2 Å². The van der Waals surface area contributed by atoms with Crippen molar-refractivity contribution >= 4 is 0 Å². The zero-order chi connectivity index (χ0) is 12.0. The second-order valence-corrected chi connectivity index (χ2v) is 4.19. The standard InChI is InChI=1S/C14H23N/c1-8-13(9-2)14(15(6)7)10-12(5)11(3)4/h8-11H,1-2H2,3-7H3/b12-10+. The molecule has 0 aliphatic rings. The summed E-state index contributed by atoms with van der Waals surface area (Å²) in [4.78, 5) is 2.09. The molecule has 0 unspecified atom stereocenters. The fourth-order valence-corrected chi connectivity index (χ4v) is 1.15. The average Bonchev–Trinajstić information content (AvgIpc) is 2.17. The van der Waals surface area contributed by atoms with E-state index in [0.717, 1.165) is 11.3 Å². The summed E-state index contributed by atoms with van der Waals surface area (Å²) < 4.78 is 0. The molecule has 0 saturated carbocycles. The second kappa shape index (κ2) is 6.28. The van der Waals surface area contributed by atoms with E-state index in [9.17, 15) is 0 Å².